The van der Waals surface area contributed by atoms with E-state index in [1.807, 2.05) is 0 Å². The molecule has 0 fully saturated rings. The minimum atomic E-state index is 0.470. The fraction of sp³-hybridized carbons (Fsp3) is 0.385. The predicted octanol–water partition coefficient (Wildman–Crippen LogP) is 3.32. The van der Waals surface area contributed by atoms with Crippen LogP contribution in [0.25, 0.3) is 11.0 Å². The average molecular weight is 203 g/mol. The third-order valence-corrected chi connectivity index (χ3v) is 2.90. The highest BCUT2D eigenvalue weighted by Crippen LogP contribution is 2.31. The van der Waals surface area contributed by atoms with E-state index in [0.29, 0.717) is 12.5 Å². The lowest BCUT2D eigenvalue weighted by Gasteiger charge is -2.04. The molecule has 0 saturated carbocycles. The van der Waals surface area contributed by atoms with Gasteiger partial charge in [0.1, 0.15) is 11.3 Å². The van der Waals surface area contributed by atoms with Gasteiger partial charge in [0.15, 0.2) is 0 Å². The first-order valence-electron chi connectivity index (χ1n) is 5.36. The van der Waals surface area contributed by atoms with Crippen LogP contribution in [-0.2, 0) is 6.54 Å². The second kappa shape index (κ2) is 3.70. The summed E-state index contributed by atoms with van der Waals surface area (Å²) in [6, 6.07) is 6.30. The quantitative estimate of drug-likeness (QED) is 0.813. The topological polar surface area (TPSA) is 39.2 Å². The van der Waals surface area contributed by atoms with E-state index < -0.39 is 0 Å². The van der Waals surface area contributed by atoms with Gasteiger partial charge in [-0.3, -0.25) is 0 Å². The molecule has 0 bridgehead atoms. The van der Waals surface area contributed by atoms with E-state index in [1.54, 1.807) is 0 Å². The predicted molar refractivity (Wildman–Crippen MR) is 62.9 cm³/mol. The normalized spacial score (nSPS) is 11.5. The molecule has 2 aromatic rings. The van der Waals surface area contributed by atoms with Crippen molar-refractivity contribution in [1.82, 2.24) is 0 Å². The van der Waals surface area contributed by atoms with Crippen molar-refractivity contribution in [3.63, 3.8) is 0 Å². The van der Waals surface area contributed by atoms with Crippen LogP contribution in [0.1, 0.15) is 36.7 Å². The number of hydrogen-bond acceptors (Lipinski definition) is 2. The molecule has 2 heteroatoms. The Hall–Kier alpha value is -1.28. The van der Waals surface area contributed by atoms with Crippen LogP contribution in [-0.4, -0.2) is 0 Å². The van der Waals surface area contributed by atoms with Crippen molar-refractivity contribution in [2.24, 2.45) is 5.73 Å². The van der Waals surface area contributed by atoms with E-state index >= 15 is 0 Å². The third-order valence-electron chi connectivity index (χ3n) is 2.90. The largest absolute Gasteiger partial charge is 0.459 e. The van der Waals surface area contributed by atoms with Gasteiger partial charge in [-0.1, -0.05) is 32.0 Å². The molecular weight excluding hydrogens is 186 g/mol. The van der Waals surface area contributed by atoms with Crippen molar-refractivity contribution in [1.29, 1.82) is 0 Å². The molecule has 0 saturated heterocycles. The third kappa shape index (κ3) is 1.55. The highest BCUT2D eigenvalue weighted by Gasteiger charge is 2.13. The van der Waals surface area contributed by atoms with Crippen molar-refractivity contribution < 1.29 is 4.42 Å². The van der Waals surface area contributed by atoms with Crippen LogP contribution in [0, 0.1) is 6.92 Å². The second-order valence-electron chi connectivity index (χ2n) is 4.23. The number of benzene rings is 1. The van der Waals surface area contributed by atoms with Crippen LogP contribution < -0.4 is 5.73 Å². The number of aryl methyl sites for hydroxylation is 1. The van der Waals surface area contributed by atoms with Crippen LogP contribution >= 0.6 is 0 Å². The van der Waals surface area contributed by atoms with Gasteiger partial charge in [0.05, 0.1) is 6.54 Å². The molecular formula is C13H17NO. The summed E-state index contributed by atoms with van der Waals surface area (Å²) in [6.07, 6.45) is 0. The van der Waals surface area contributed by atoms with Gasteiger partial charge < -0.3 is 10.2 Å². The standard InChI is InChI=1S/C13H17NO/c1-8(2)10-5-4-6-11-9(3)12(7-14)15-13(10)11/h4-6,8H,7,14H2,1-3H3. The highest BCUT2D eigenvalue weighted by molar-refractivity contribution is 5.85. The summed E-state index contributed by atoms with van der Waals surface area (Å²) in [6.45, 7) is 6.89. The van der Waals surface area contributed by atoms with Crippen molar-refractivity contribution >= 4 is 11.0 Å². The Bertz CT molecular complexity index is 482. The minimum Gasteiger partial charge on any atom is -0.459 e. The summed E-state index contributed by atoms with van der Waals surface area (Å²) in [4.78, 5) is 0. The van der Waals surface area contributed by atoms with E-state index in [2.05, 4.69) is 39.0 Å². The second-order valence-corrected chi connectivity index (χ2v) is 4.23. The zero-order valence-electron chi connectivity index (χ0n) is 9.50. The summed E-state index contributed by atoms with van der Waals surface area (Å²) in [5.74, 6) is 1.38. The Morgan fingerprint density at radius 1 is 1.33 bits per heavy atom. The molecule has 2 rings (SSSR count). The Labute approximate surface area is 90.1 Å². The summed E-state index contributed by atoms with van der Waals surface area (Å²) in [7, 11) is 0. The van der Waals surface area contributed by atoms with Gasteiger partial charge >= 0.3 is 0 Å². The first kappa shape index (κ1) is 10.2. The SMILES string of the molecule is Cc1c(CN)oc2c(C(C)C)cccc12. The smallest absolute Gasteiger partial charge is 0.138 e. The molecule has 80 valence electrons. The minimum absolute atomic E-state index is 0.470. The van der Waals surface area contributed by atoms with Gasteiger partial charge in [0, 0.05) is 5.39 Å². The lowest BCUT2D eigenvalue weighted by Crippen LogP contribution is -1.95. The highest BCUT2D eigenvalue weighted by atomic mass is 16.3. The van der Waals surface area contributed by atoms with E-state index in [-0.39, 0.29) is 0 Å². The molecule has 2 nitrogen and oxygen atoms in total. The number of para-hydroxylation sites is 1. The van der Waals surface area contributed by atoms with Crippen LogP contribution in [0.2, 0.25) is 0 Å². The van der Waals surface area contributed by atoms with E-state index in [1.165, 1.54) is 16.5 Å². The van der Waals surface area contributed by atoms with Crippen molar-refractivity contribution in [3.05, 3.63) is 35.1 Å². The monoisotopic (exact) mass is 203 g/mol. The summed E-state index contributed by atoms with van der Waals surface area (Å²) in [5.41, 5.74) is 9.09. The molecule has 0 aliphatic carbocycles. The summed E-state index contributed by atoms with van der Waals surface area (Å²) in [5, 5.41) is 1.20. The van der Waals surface area contributed by atoms with Gasteiger partial charge in [-0.15, -0.1) is 0 Å². The van der Waals surface area contributed by atoms with Crippen LogP contribution in [0.4, 0.5) is 0 Å². The lowest BCUT2D eigenvalue weighted by molar-refractivity contribution is 0.543. The Kier molecular flexibility index (Phi) is 2.53. The molecule has 1 heterocycles. The van der Waals surface area contributed by atoms with Gasteiger partial charge in [-0.05, 0) is 24.0 Å². The van der Waals surface area contributed by atoms with Crippen molar-refractivity contribution in [2.45, 2.75) is 33.2 Å². The van der Waals surface area contributed by atoms with Crippen LogP contribution in [0.15, 0.2) is 22.6 Å². The van der Waals surface area contributed by atoms with Crippen LogP contribution in [0.5, 0.6) is 0 Å². The van der Waals surface area contributed by atoms with E-state index in [9.17, 15) is 0 Å². The average Bonchev–Trinajstić information content (AvgIpc) is 2.55. The van der Waals surface area contributed by atoms with Gasteiger partial charge in [-0.25, -0.2) is 0 Å². The first-order chi connectivity index (χ1) is 7.15. The summed E-state index contributed by atoms with van der Waals surface area (Å²) >= 11 is 0. The summed E-state index contributed by atoms with van der Waals surface area (Å²) < 4.78 is 5.82. The first-order valence-corrected chi connectivity index (χ1v) is 5.36. The van der Waals surface area contributed by atoms with Gasteiger partial charge in [-0.2, -0.15) is 0 Å². The van der Waals surface area contributed by atoms with Crippen molar-refractivity contribution in [2.75, 3.05) is 0 Å². The van der Waals surface area contributed by atoms with E-state index in [4.69, 9.17) is 10.2 Å². The Balaban J connectivity index is 2.76. The molecule has 0 unspecified atom stereocenters. The van der Waals surface area contributed by atoms with Crippen molar-refractivity contribution in [3.8, 4) is 0 Å². The number of hydrogen-bond donors (Lipinski definition) is 1. The fourth-order valence-corrected chi connectivity index (χ4v) is 1.96. The molecule has 0 atom stereocenters. The zero-order valence-corrected chi connectivity index (χ0v) is 9.50. The Morgan fingerprint density at radius 3 is 2.67 bits per heavy atom. The maximum atomic E-state index is 5.82. The number of furan rings is 1. The molecule has 15 heavy (non-hydrogen) atoms. The molecule has 1 aromatic heterocycles. The van der Waals surface area contributed by atoms with Gasteiger partial charge in [0.2, 0.25) is 0 Å². The van der Waals surface area contributed by atoms with E-state index in [0.717, 1.165) is 11.3 Å². The maximum absolute atomic E-state index is 5.82. The Morgan fingerprint density at radius 2 is 2.07 bits per heavy atom. The molecule has 2 N–H and O–H groups in total. The maximum Gasteiger partial charge on any atom is 0.138 e. The number of fused-ring (bicyclic) bond motifs is 1. The molecule has 0 spiro atoms. The number of nitrogens with two attached hydrogens (primary N) is 1. The van der Waals surface area contributed by atoms with Gasteiger partial charge in [0.25, 0.3) is 0 Å². The molecule has 1 aromatic carbocycles. The molecule has 0 aliphatic rings. The molecule has 0 aliphatic heterocycles. The lowest BCUT2D eigenvalue weighted by atomic mass is 10.00. The molecule has 0 amide bonds. The molecule has 0 radical (unpaired) electrons. The number of rotatable bonds is 2. The fourth-order valence-electron chi connectivity index (χ4n) is 1.96. The van der Waals surface area contributed by atoms with Crippen LogP contribution in [0.3, 0.4) is 0 Å². The zero-order chi connectivity index (χ0) is 11.0.